The molecule has 2 N–H and O–H groups in total. The molecule has 0 saturated carbocycles. The maximum Gasteiger partial charge on any atom is 0.280 e. The van der Waals surface area contributed by atoms with Gasteiger partial charge >= 0.3 is 0 Å². The summed E-state index contributed by atoms with van der Waals surface area (Å²) in [7, 11) is 0.299. The predicted molar refractivity (Wildman–Crippen MR) is 122 cm³/mol. The molecule has 2 aromatic heterocycles. The van der Waals surface area contributed by atoms with E-state index in [0.29, 0.717) is 34.0 Å². The van der Waals surface area contributed by atoms with Gasteiger partial charge in [0, 0.05) is 31.9 Å². The first kappa shape index (κ1) is 24.6. The van der Waals surface area contributed by atoms with Crippen molar-refractivity contribution in [1.29, 1.82) is 0 Å². The fourth-order valence-corrected chi connectivity index (χ4v) is 4.43. The number of anilines is 1. The summed E-state index contributed by atoms with van der Waals surface area (Å²) in [6.07, 6.45) is 2.76. The zero-order valence-corrected chi connectivity index (χ0v) is 19.6. The molecule has 33 heavy (non-hydrogen) atoms. The summed E-state index contributed by atoms with van der Waals surface area (Å²) in [5, 5.41) is 19.3. The zero-order valence-electron chi connectivity index (χ0n) is 18.0. The van der Waals surface area contributed by atoms with Gasteiger partial charge in [-0.1, -0.05) is 35.5 Å². The van der Waals surface area contributed by atoms with E-state index in [1.807, 2.05) is 6.92 Å². The van der Waals surface area contributed by atoms with Crippen molar-refractivity contribution in [3.8, 4) is 0 Å². The highest BCUT2D eigenvalue weighted by molar-refractivity contribution is 7.82. The average molecular weight is 495 g/mol. The van der Waals surface area contributed by atoms with Crippen LogP contribution in [-0.4, -0.2) is 59.7 Å². The van der Waals surface area contributed by atoms with Crippen molar-refractivity contribution in [3.05, 3.63) is 59.1 Å². The zero-order chi connectivity index (χ0) is 23.8. The molecule has 13 heteroatoms. The molecule has 0 spiro atoms. The number of hydrogen-bond donors (Lipinski definition) is 2. The average Bonchev–Trinajstić information content (AvgIpc) is 3.42. The van der Waals surface area contributed by atoms with E-state index in [4.69, 9.17) is 9.94 Å². The van der Waals surface area contributed by atoms with Gasteiger partial charge in [0.25, 0.3) is 5.91 Å². The number of hydrogen-bond acceptors (Lipinski definition) is 8. The molecule has 1 atom stereocenters. The van der Waals surface area contributed by atoms with Gasteiger partial charge in [-0.25, -0.2) is 13.5 Å². The Labute approximate surface area is 196 Å². The van der Waals surface area contributed by atoms with E-state index < -0.39 is 22.0 Å². The monoisotopic (exact) mass is 494 g/mol. The fourth-order valence-electron chi connectivity index (χ4n) is 2.75. The third-order valence-corrected chi connectivity index (χ3v) is 6.60. The first-order valence-corrected chi connectivity index (χ1v) is 11.8. The van der Waals surface area contributed by atoms with Crippen LogP contribution in [0.3, 0.4) is 0 Å². The number of nitrogens with zero attached hydrogens (tertiary/aromatic N) is 5. The molecule has 10 nitrogen and oxygen atoms in total. The van der Waals surface area contributed by atoms with Crippen LogP contribution in [0.25, 0.3) is 0 Å². The molecule has 0 fully saturated rings. The standard InChI is InChI=1S/C20H23FN6O4S2/c1-3-27(10-11-28)33(30)16-6-4-14(5-7-16)18(19(29)23-20-22-12-17(21)32-20)25-31-13-15-8-9-26(2)24-15/h4-9,12,28H,3,10-11,13H2,1-2H3,(H,22,23,29)/b25-18+. The Morgan fingerprint density at radius 3 is 2.70 bits per heavy atom. The van der Waals surface area contributed by atoms with Crippen LogP contribution in [0.15, 0.2) is 52.8 Å². The quantitative estimate of drug-likeness (QED) is 0.310. The number of carbonyl (C=O) groups is 1. The molecular formula is C20H23FN6O4S2. The lowest BCUT2D eigenvalue weighted by molar-refractivity contribution is -0.110. The molecule has 1 amide bonds. The number of aromatic nitrogens is 3. The molecule has 0 saturated heterocycles. The van der Waals surface area contributed by atoms with E-state index in [-0.39, 0.29) is 30.6 Å². The van der Waals surface area contributed by atoms with Gasteiger partial charge in [-0.15, -0.1) is 0 Å². The second-order valence-electron chi connectivity index (χ2n) is 6.64. The van der Waals surface area contributed by atoms with Crippen LogP contribution in [0.5, 0.6) is 0 Å². The number of likely N-dealkylation sites (N-methyl/N-ethyl adjacent to an activating group) is 1. The normalized spacial score (nSPS) is 12.7. The van der Waals surface area contributed by atoms with Crippen molar-refractivity contribution in [2.24, 2.45) is 12.2 Å². The number of aliphatic hydroxyl groups is 1. The summed E-state index contributed by atoms with van der Waals surface area (Å²) < 4.78 is 29.2. The summed E-state index contributed by atoms with van der Waals surface area (Å²) in [4.78, 5) is 22.5. The van der Waals surface area contributed by atoms with Crippen molar-refractivity contribution < 1.29 is 23.3 Å². The Hall–Kier alpha value is -3.00. The number of aryl methyl sites for hydroxylation is 1. The van der Waals surface area contributed by atoms with Gasteiger partial charge in [-0.3, -0.25) is 14.8 Å². The van der Waals surface area contributed by atoms with Gasteiger partial charge in [0.2, 0.25) is 0 Å². The van der Waals surface area contributed by atoms with Crippen LogP contribution in [0.4, 0.5) is 9.52 Å². The lowest BCUT2D eigenvalue weighted by Gasteiger charge is -2.18. The Morgan fingerprint density at radius 2 is 2.12 bits per heavy atom. The lowest BCUT2D eigenvalue weighted by atomic mass is 10.1. The predicted octanol–water partition coefficient (Wildman–Crippen LogP) is 1.91. The second-order valence-corrected chi connectivity index (χ2v) is 9.10. The molecule has 176 valence electrons. The number of carbonyl (C=O) groups excluding carboxylic acids is 1. The molecule has 0 aliphatic heterocycles. The number of benzene rings is 1. The maximum absolute atomic E-state index is 13.3. The molecule has 2 heterocycles. The molecule has 1 aromatic carbocycles. The molecule has 0 aliphatic carbocycles. The number of rotatable bonds is 11. The van der Waals surface area contributed by atoms with Crippen molar-refractivity contribution in [2.45, 2.75) is 18.4 Å². The SMILES string of the molecule is CCN(CCO)S(=O)c1ccc(/C(=N\OCc2ccn(C)n2)C(=O)Nc2ncc(F)s2)cc1. The van der Waals surface area contributed by atoms with Gasteiger partial charge in [-0.2, -0.15) is 9.49 Å². The van der Waals surface area contributed by atoms with E-state index in [0.717, 1.165) is 6.20 Å². The second kappa shape index (κ2) is 11.7. The van der Waals surface area contributed by atoms with Crippen LogP contribution in [0.1, 0.15) is 18.2 Å². The highest BCUT2D eigenvalue weighted by Crippen LogP contribution is 2.18. The number of oxime groups is 1. The van der Waals surface area contributed by atoms with Crippen LogP contribution in [-0.2, 0) is 34.3 Å². The van der Waals surface area contributed by atoms with E-state index >= 15 is 0 Å². The molecule has 1 unspecified atom stereocenters. The highest BCUT2D eigenvalue weighted by atomic mass is 32.2. The minimum atomic E-state index is -1.47. The fraction of sp³-hybridized carbons (Fsp3) is 0.300. The summed E-state index contributed by atoms with van der Waals surface area (Å²) in [6, 6.07) is 8.14. The van der Waals surface area contributed by atoms with Gasteiger partial charge in [-0.05, 0) is 18.2 Å². The topological polar surface area (TPSA) is 122 Å². The van der Waals surface area contributed by atoms with E-state index in [2.05, 4.69) is 20.6 Å². The summed E-state index contributed by atoms with van der Waals surface area (Å²) in [6.45, 7) is 2.54. The van der Waals surface area contributed by atoms with E-state index in [9.17, 15) is 13.4 Å². The number of aliphatic hydroxyl groups excluding tert-OH is 1. The highest BCUT2D eigenvalue weighted by Gasteiger charge is 2.19. The van der Waals surface area contributed by atoms with Crippen LogP contribution >= 0.6 is 11.3 Å². The molecule has 0 radical (unpaired) electrons. The molecule has 3 rings (SSSR count). The van der Waals surface area contributed by atoms with E-state index in [1.54, 1.807) is 52.6 Å². The minimum Gasteiger partial charge on any atom is -0.395 e. The van der Waals surface area contributed by atoms with Crippen LogP contribution < -0.4 is 5.32 Å². The van der Waals surface area contributed by atoms with Crippen molar-refractivity contribution in [1.82, 2.24) is 19.1 Å². The Morgan fingerprint density at radius 1 is 1.36 bits per heavy atom. The summed E-state index contributed by atoms with van der Waals surface area (Å²) in [5.41, 5.74) is 0.954. The molecular weight excluding hydrogens is 471 g/mol. The number of thiazole rings is 1. The Balaban J connectivity index is 1.81. The van der Waals surface area contributed by atoms with Gasteiger partial charge in [0.15, 0.2) is 22.6 Å². The Bertz CT molecular complexity index is 1130. The summed E-state index contributed by atoms with van der Waals surface area (Å²) >= 11 is 0.684. The lowest BCUT2D eigenvalue weighted by Crippen LogP contribution is -2.29. The Kier molecular flexibility index (Phi) is 8.77. The van der Waals surface area contributed by atoms with Gasteiger partial charge < -0.3 is 9.94 Å². The van der Waals surface area contributed by atoms with Gasteiger partial charge in [0.05, 0.1) is 17.7 Å². The number of amides is 1. The molecule has 0 aliphatic rings. The molecule has 0 bridgehead atoms. The van der Waals surface area contributed by atoms with Crippen molar-refractivity contribution >= 4 is 39.1 Å². The first-order valence-electron chi connectivity index (χ1n) is 9.90. The smallest absolute Gasteiger partial charge is 0.280 e. The largest absolute Gasteiger partial charge is 0.395 e. The number of halogens is 1. The summed E-state index contributed by atoms with van der Waals surface area (Å²) in [5.74, 6) is -0.644. The van der Waals surface area contributed by atoms with Crippen LogP contribution in [0, 0.1) is 5.13 Å². The third kappa shape index (κ3) is 6.74. The van der Waals surface area contributed by atoms with Crippen molar-refractivity contribution in [2.75, 3.05) is 25.0 Å². The van der Waals surface area contributed by atoms with Crippen molar-refractivity contribution in [3.63, 3.8) is 0 Å². The maximum atomic E-state index is 13.3. The van der Waals surface area contributed by atoms with E-state index in [1.165, 1.54) is 0 Å². The first-order chi connectivity index (χ1) is 15.9. The van der Waals surface area contributed by atoms with Crippen LogP contribution in [0.2, 0.25) is 0 Å². The van der Waals surface area contributed by atoms with Gasteiger partial charge in [0.1, 0.15) is 16.7 Å². The third-order valence-electron chi connectivity index (χ3n) is 4.32. The number of nitrogens with one attached hydrogen (secondary N) is 1. The molecule has 3 aromatic rings. The minimum absolute atomic E-state index is 0.0399.